The lowest BCUT2D eigenvalue weighted by Gasteiger charge is -2.01. The lowest BCUT2D eigenvalue weighted by atomic mass is 10.1. The zero-order valence-electron chi connectivity index (χ0n) is 8.00. The van der Waals surface area contributed by atoms with Gasteiger partial charge in [-0.1, -0.05) is 18.9 Å². The van der Waals surface area contributed by atoms with Crippen molar-refractivity contribution in [2.45, 2.75) is 38.5 Å². The number of hydrogen-bond acceptors (Lipinski definition) is 2. The molecule has 0 aromatic heterocycles. The van der Waals surface area contributed by atoms with Gasteiger partial charge in [-0.05, 0) is 25.8 Å². The van der Waals surface area contributed by atoms with Crippen molar-refractivity contribution >= 4 is 6.47 Å². The number of unbranched alkanes of at least 4 members (excludes halogenated alkanes) is 4. The maximum atomic E-state index is 9.86. The van der Waals surface area contributed by atoms with Gasteiger partial charge in [-0.15, -0.1) is 6.58 Å². The van der Waals surface area contributed by atoms with Crippen molar-refractivity contribution in [3.8, 4) is 0 Å². The fraction of sp³-hybridized carbons (Fsp3) is 0.545. The van der Waals surface area contributed by atoms with Crippen LogP contribution < -0.4 is 0 Å². The Bertz CT molecular complexity index is 161. The predicted octanol–water partition coefficient (Wildman–Crippen LogP) is 3.00. The molecule has 13 heavy (non-hydrogen) atoms. The molecular weight excluding hydrogens is 164 g/mol. The molecule has 0 saturated heterocycles. The highest BCUT2D eigenvalue weighted by Gasteiger charge is 1.94. The van der Waals surface area contributed by atoms with E-state index in [4.69, 9.17) is 6.58 Å². The van der Waals surface area contributed by atoms with Gasteiger partial charge in [-0.2, -0.15) is 0 Å². The predicted molar refractivity (Wildman–Crippen MR) is 52.9 cm³/mol. The number of carbonyl (C=O) groups is 1. The summed E-state index contributed by atoms with van der Waals surface area (Å²) in [5.41, 5.74) is 0. The van der Waals surface area contributed by atoms with Crippen molar-refractivity contribution in [3.63, 3.8) is 0 Å². The maximum absolute atomic E-state index is 9.86. The third-order valence-electron chi connectivity index (χ3n) is 1.78. The van der Waals surface area contributed by atoms with Crippen LogP contribution >= 0.6 is 0 Å². The Morgan fingerprint density at radius 3 is 2.62 bits per heavy atom. The Kier molecular flexibility index (Phi) is 8.31. The van der Waals surface area contributed by atoms with Crippen LogP contribution in [0.5, 0.6) is 0 Å². The van der Waals surface area contributed by atoms with Gasteiger partial charge in [0.1, 0.15) is 5.76 Å². The first kappa shape index (κ1) is 11.9. The van der Waals surface area contributed by atoms with Gasteiger partial charge in [0.2, 0.25) is 0 Å². The van der Waals surface area contributed by atoms with Gasteiger partial charge in [-0.3, -0.25) is 4.79 Å². The van der Waals surface area contributed by atoms with E-state index in [0.29, 0.717) is 18.7 Å². The van der Waals surface area contributed by atoms with Crippen molar-refractivity contribution in [1.29, 1.82) is 0 Å². The van der Waals surface area contributed by atoms with Gasteiger partial charge < -0.3 is 4.74 Å². The quantitative estimate of drug-likeness (QED) is 0.236. The largest absolute Gasteiger partial charge is 0.433 e. The number of rotatable bonds is 9. The highest BCUT2D eigenvalue weighted by Crippen LogP contribution is 2.09. The lowest BCUT2D eigenvalue weighted by Crippen LogP contribution is -1.88. The van der Waals surface area contributed by atoms with Crippen molar-refractivity contribution in [2.24, 2.45) is 0 Å². The highest BCUT2D eigenvalue weighted by atomic mass is 16.5. The Labute approximate surface area is 80.3 Å². The summed E-state index contributed by atoms with van der Waals surface area (Å²) < 4.78 is 4.47. The summed E-state index contributed by atoms with van der Waals surface area (Å²) in [7, 11) is 0. The Morgan fingerprint density at radius 1 is 1.31 bits per heavy atom. The molecule has 0 fully saturated rings. The monoisotopic (exact) mass is 181 g/mol. The van der Waals surface area contributed by atoms with E-state index in [2.05, 4.69) is 11.3 Å². The van der Waals surface area contributed by atoms with Crippen LogP contribution in [0.15, 0.2) is 18.4 Å². The van der Waals surface area contributed by atoms with E-state index in [-0.39, 0.29) is 0 Å². The van der Waals surface area contributed by atoms with Crippen LogP contribution in [0.4, 0.5) is 0 Å². The Hall–Kier alpha value is -1.05. The summed E-state index contributed by atoms with van der Waals surface area (Å²) in [6, 6.07) is 0. The molecule has 0 heterocycles. The molecule has 0 spiro atoms. The molecule has 0 saturated carbocycles. The summed E-state index contributed by atoms with van der Waals surface area (Å²) in [6.45, 7) is 9.39. The molecule has 0 aliphatic rings. The van der Waals surface area contributed by atoms with Crippen LogP contribution in [-0.4, -0.2) is 6.47 Å². The van der Waals surface area contributed by atoms with Crippen molar-refractivity contribution < 1.29 is 9.53 Å². The third-order valence-corrected chi connectivity index (χ3v) is 1.78. The summed E-state index contributed by atoms with van der Waals surface area (Å²) in [5.74, 6) is 0.318. The topological polar surface area (TPSA) is 26.3 Å². The van der Waals surface area contributed by atoms with E-state index in [0.717, 1.165) is 19.3 Å². The normalized spacial score (nSPS) is 9.23. The van der Waals surface area contributed by atoms with Gasteiger partial charge in [0.05, 0.1) is 0 Å². The van der Waals surface area contributed by atoms with Crippen LogP contribution in [0.2, 0.25) is 0 Å². The summed E-state index contributed by atoms with van der Waals surface area (Å²) in [5, 5.41) is 0. The maximum Gasteiger partial charge on any atom is 0.298 e. The average Bonchev–Trinajstić information content (AvgIpc) is 2.11. The van der Waals surface area contributed by atoms with Gasteiger partial charge in [0.15, 0.2) is 0 Å². The fourth-order valence-corrected chi connectivity index (χ4v) is 1.06. The standard InChI is InChI=1S/C11H17O2/c1-3-4-5-6-7-8-9-11(2)13-10-12/h2-3,10H,1,4-9H2. The third kappa shape index (κ3) is 8.86. The minimum Gasteiger partial charge on any atom is -0.433 e. The second kappa shape index (κ2) is 9.04. The molecule has 0 rings (SSSR count). The molecular formula is C11H17O2. The number of carbonyl (C=O) groups excluding carboxylic acids is 1. The summed E-state index contributed by atoms with van der Waals surface area (Å²) in [4.78, 5) is 9.86. The van der Waals surface area contributed by atoms with Gasteiger partial charge >= 0.3 is 0 Å². The molecule has 0 N–H and O–H groups in total. The number of hydrogen-bond donors (Lipinski definition) is 0. The molecule has 0 aliphatic carbocycles. The summed E-state index contributed by atoms with van der Waals surface area (Å²) >= 11 is 0. The molecule has 2 nitrogen and oxygen atoms in total. The molecule has 0 unspecified atom stereocenters. The van der Waals surface area contributed by atoms with E-state index in [1.165, 1.54) is 12.8 Å². The van der Waals surface area contributed by atoms with Gasteiger partial charge in [0.25, 0.3) is 6.47 Å². The first-order chi connectivity index (χ1) is 6.31. The molecule has 0 aromatic carbocycles. The van der Waals surface area contributed by atoms with E-state index < -0.39 is 0 Å². The van der Waals surface area contributed by atoms with Crippen LogP contribution in [0, 0.1) is 6.58 Å². The molecule has 73 valence electrons. The van der Waals surface area contributed by atoms with Crippen LogP contribution in [-0.2, 0) is 9.53 Å². The molecule has 1 radical (unpaired) electrons. The second-order valence-corrected chi connectivity index (χ2v) is 2.92. The molecule has 0 aromatic rings. The Balaban J connectivity index is 3.10. The van der Waals surface area contributed by atoms with Crippen LogP contribution in [0.3, 0.4) is 0 Å². The molecule has 2 heteroatoms. The molecule has 0 amide bonds. The smallest absolute Gasteiger partial charge is 0.298 e. The second-order valence-electron chi connectivity index (χ2n) is 2.92. The molecule has 0 bridgehead atoms. The fourth-order valence-electron chi connectivity index (χ4n) is 1.06. The van der Waals surface area contributed by atoms with Crippen molar-refractivity contribution in [3.05, 3.63) is 25.0 Å². The minimum absolute atomic E-state index is 0.318. The first-order valence-corrected chi connectivity index (χ1v) is 4.63. The highest BCUT2D eigenvalue weighted by molar-refractivity contribution is 5.39. The van der Waals surface area contributed by atoms with Gasteiger partial charge in [0, 0.05) is 6.42 Å². The van der Waals surface area contributed by atoms with E-state index in [1.54, 1.807) is 0 Å². The van der Waals surface area contributed by atoms with E-state index >= 15 is 0 Å². The molecule has 0 atom stereocenters. The van der Waals surface area contributed by atoms with Gasteiger partial charge in [-0.25, -0.2) is 0 Å². The minimum atomic E-state index is 0.318. The van der Waals surface area contributed by atoms with Crippen LogP contribution in [0.1, 0.15) is 38.5 Å². The van der Waals surface area contributed by atoms with Crippen LogP contribution in [0.25, 0.3) is 0 Å². The lowest BCUT2D eigenvalue weighted by molar-refractivity contribution is -0.125. The van der Waals surface area contributed by atoms with E-state index in [9.17, 15) is 4.79 Å². The molecule has 0 aliphatic heterocycles. The van der Waals surface area contributed by atoms with E-state index in [1.807, 2.05) is 6.08 Å². The zero-order valence-corrected chi connectivity index (χ0v) is 8.00. The SMILES string of the molecule is [CH]=C(CCCCCCC=C)OC=O. The Morgan fingerprint density at radius 2 is 2.00 bits per heavy atom. The zero-order chi connectivity index (χ0) is 9.94. The number of ether oxygens (including phenoxy) is 1. The summed E-state index contributed by atoms with van der Waals surface area (Å²) in [6.07, 6.45) is 8.14. The average molecular weight is 181 g/mol. The first-order valence-electron chi connectivity index (χ1n) is 4.63. The van der Waals surface area contributed by atoms with Crippen molar-refractivity contribution in [1.82, 2.24) is 0 Å². The van der Waals surface area contributed by atoms with Crippen molar-refractivity contribution in [2.75, 3.05) is 0 Å². The number of allylic oxidation sites excluding steroid dienone is 2.